The van der Waals surface area contributed by atoms with Gasteiger partial charge in [0.05, 0.1) is 19.7 Å². The predicted molar refractivity (Wildman–Crippen MR) is 159 cm³/mol. The van der Waals surface area contributed by atoms with Gasteiger partial charge < -0.3 is 19.5 Å². The van der Waals surface area contributed by atoms with Crippen LogP contribution in [0.15, 0.2) is 78.2 Å². The second-order valence-corrected chi connectivity index (χ2v) is 9.53. The van der Waals surface area contributed by atoms with Crippen molar-refractivity contribution in [3.63, 3.8) is 0 Å². The van der Waals surface area contributed by atoms with E-state index in [-0.39, 0.29) is 28.6 Å². The lowest BCUT2D eigenvalue weighted by atomic mass is 10.0. The first-order chi connectivity index (χ1) is 20.6. The number of fused-ring (bicyclic) bond motifs is 1. The summed E-state index contributed by atoms with van der Waals surface area (Å²) in [7, 11) is 2.91. The van der Waals surface area contributed by atoms with Crippen molar-refractivity contribution < 1.29 is 27.8 Å². The Morgan fingerprint density at radius 3 is 2.33 bits per heavy atom. The van der Waals surface area contributed by atoms with Crippen molar-refractivity contribution in [1.82, 2.24) is 14.5 Å². The van der Waals surface area contributed by atoms with Crippen LogP contribution in [0.25, 0.3) is 22.3 Å². The number of benzene rings is 2. The van der Waals surface area contributed by atoms with Gasteiger partial charge in [-0.05, 0) is 67.4 Å². The van der Waals surface area contributed by atoms with Crippen LogP contribution in [0, 0.1) is 18.6 Å². The summed E-state index contributed by atoms with van der Waals surface area (Å²) in [6.45, 7) is 7.40. The number of pyridine rings is 3. The number of aromatic nitrogens is 3. The van der Waals surface area contributed by atoms with Crippen molar-refractivity contribution in [2.45, 2.75) is 13.8 Å². The van der Waals surface area contributed by atoms with Crippen LogP contribution in [-0.4, -0.2) is 34.7 Å². The van der Waals surface area contributed by atoms with E-state index in [1.165, 1.54) is 73.5 Å². The summed E-state index contributed by atoms with van der Waals surface area (Å²) in [4.78, 5) is 35.4. The van der Waals surface area contributed by atoms with Crippen LogP contribution in [0.3, 0.4) is 0 Å². The third-order valence-corrected chi connectivity index (χ3v) is 6.67. The number of anilines is 1. The zero-order valence-electron chi connectivity index (χ0n) is 23.7. The highest BCUT2D eigenvalue weighted by Gasteiger charge is 2.20. The van der Waals surface area contributed by atoms with Crippen molar-refractivity contribution in [3.05, 3.63) is 112 Å². The van der Waals surface area contributed by atoms with E-state index < -0.39 is 23.1 Å². The minimum atomic E-state index is -0.779. The van der Waals surface area contributed by atoms with Gasteiger partial charge >= 0.3 is 0 Å². The van der Waals surface area contributed by atoms with Crippen LogP contribution in [-0.2, 0) is 0 Å². The standard InChI is InChI=1S/C32H26F2N4O5/c1-17(2)22-15-23(32(40)38(18(22)3)21-9-6-19(33)7-10-21)30(39)36-20-8-11-26(24(34)14-20)43-27-12-13-35-25-16-28(41-4)31(42-5)37-29(25)27/h6-16H,1H2,2-5H3,(H,36,39). The number of hydrogen-bond acceptors (Lipinski definition) is 7. The van der Waals surface area contributed by atoms with Gasteiger partial charge in [-0.3, -0.25) is 19.1 Å². The highest BCUT2D eigenvalue weighted by Crippen LogP contribution is 2.35. The lowest BCUT2D eigenvalue weighted by molar-refractivity contribution is 0.102. The molecule has 9 nitrogen and oxygen atoms in total. The first-order valence-corrected chi connectivity index (χ1v) is 13.0. The number of carbonyl (C=O) groups is 1. The lowest BCUT2D eigenvalue weighted by Crippen LogP contribution is -2.30. The number of carbonyl (C=O) groups excluding carboxylic acids is 1. The minimum absolute atomic E-state index is 0.0872. The number of allylic oxidation sites excluding steroid dienone is 1. The second kappa shape index (κ2) is 11.7. The monoisotopic (exact) mass is 584 g/mol. The molecule has 11 heteroatoms. The third-order valence-electron chi connectivity index (χ3n) is 6.67. The zero-order valence-corrected chi connectivity index (χ0v) is 23.7. The molecule has 5 rings (SSSR count). The summed E-state index contributed by atoms with van der Waals surface area (Å²) in [6.07, 6.45) is 1.48. The molecule has 0 saturated heterocycles. The molecular weight excluding hydrogens is 558 g/mol. The third kappa shape index (κ3) is 5.65. The first-order valence-electron chi connectivity index (χ1n) is 13.0. The molecule has 1 amide bonds. The van der Waals surface area contributed by atoms with Gasteiger partial charge in [-0.25, -0.2) is 13.8 Å². The SMILES string of the molecule is C=C(C)c1cc(C(=O)Nc2ccc(Oc3ccnc4cc(OC)c(OC)nc34)c(F)c2)c(=O)n(-c2ccc(F)cc2)c1C. The zero-order chi connectivity index (χ0) is 30.8. The maximum atomic E-state index is 15.2. The van der Waals surface area contributed by atoms with Gasteiger partial charge in [0.15, 0.2) is 23.1 Å². The van der Waals surface area contributed by atoms with Gasteiger partial charge in [-0.1, -0.05) is 6.58 Å². The number of ether oxygens (including phenoxy) is 3. The fourth-order valence-electron chi connectivity index (χ4n) is 4.56. The van der Waals surface area contributed by atoms with Gasteiger partial charge in [0.2, 0.25) is 0 Å². The van der Waals surface area contributed by atoms with Crippen LogP contribution in [0.2, 0.25) is 0 Å². The molecule has 3 aromatic heterocycles. The summed E-state index contributed by atoms with van der Waals surface area (Å²) in [5.41, 5.74) is 2.11. The molecule has 0 aliphatic rings. The number of nitrogens with one attached hydrogen (secondary N) is 1. The molecule has 0 atom stereocenters. The quantitative estimate of drug-likeness (QED) is 0.223. The van der Waals surface area contributed by atoms with E-state index >= 15 is 4.39 Å². The molecular formula is C32H26F2N4O5. The fourth-order valence-corrected chi connectivity index (χ4v) is 4.56. The molecule has 0 fully saturated rings. The van der Waals surface area contributed by atoms with E-state index in [1.54, 1.807) is 19.9 Å². The lowest BCUT2D eigenvalue weighted by Gasteiger charge is -2.17. The average Bonchev–Trinajstić information content (AvgIpc) is 2.98. The van der Waals surface area contributed by atoms with E-state index in [0.29, 0.717) is 39.3 Å². The molecule has 0 spiro atoms. The maximum absolute atomic E-state index is 15.2. The van der Waals surface area contributed by atoms with E-state index in [4.69, 9.17) is 14.2 Å². The number of hydrogen-bond donors (Lipinski definition) is 1. The van der Waals surface area contributed by atoms with Crippen LogP contribution in [0.5, 0.6) is 23.1 Å². The number of methoxy groups -OCH3 is 2. The minimum Gasteiger partial charge on any atom is -0.491 e. The van der Waals surface area contributed by atoms with E-state index in [2.05, 4.69) is 21.9 Å². The second-order valence-electron chi connectivity index (χ2n) is 9.53. The molecule has 0 aliphatic heterocycles. The fraction of sp³-hybridized carbons (Fsp3) is 0.125. The van der Waals surface area contributed by atoms with Gasteiger partial charge in [0, 0.05) is 41.5 Å². The normalized spacial score (nSPS) is 10.8. The van der Waals surface area contributed by atoms with E-state index in [1.807, 2.05) is 0 Å². The molecule has 1 N–H and O–H groups in total. The van der Waals surface area contributed by atoms with Crippen molar-refractivity contribution >= 4 is 28.2 Å². The van der Waals surface area contributed by atoms with Gasteiger partial charge in [-0.2, -0.15) is 0 Å². The van der Waals surface area contributed by atoms with Gasteiger partial charge in [-0.15, -0.1) is 0 Å². The van der Waals surface area contributed by atoms with Crippen molar-refractivity contribution in [2.24, 2.45) is 0 Å². The van der Waals surface area contributed by atoms with E-state index in [9.17, 15) is 14.0 Å². The summed E-state index contributed by atoms with van der Waals surface area (Å²) in [5.74, 6) is -1.35. The number of amides is 1. The molecule has 5 aromatic rings. The molecule has 43 heavy (non-hydrogen) atoms. The van der Waals surface area contributed by atoms with E-state index in [0.717, 1.165) is 6.07 Å². The molecule has 0 unspecified atom stereocenters. The van der Waals surface area contributed by atoms with Crippen LogP contribution < -0.4 is 25.1 Å². The molecule has 0 radical (unpaired) electrons. The smallest absolute Gasteiger partial charge is 0.268 e. The van der Waals surface area contributed by atoms with Crippen molar-refractivity contribution in [1.29, 1.82) is 0 Å². The number of halogens is 2. The number of nitrogens with zero attached hydrogens (tertiary/aromatic N) is 3. The first kappa shape index (κ1) is 28.9. The highest BCUT2D eigenvalue weighted by atomic mass is 19.1. The highest BCUT2D eigenvalue weighted by molar-refractivity contribution is 6.04. The van der Waals surface area contributed by atoms with Crippen LogP contribution in [0.4, 0.5) is 14.5 Å². The topological polar surface area (TPSA) is 105 Å². The molecule has 3 heterocycles. The maximum Gasteiger partial charge on any atom is 0.268 e. The average molecular weight is 585 g/mol. The molecule has 0 saturated carbocycles. The number of rotatable bonds is 8. The Bertz CT molecular complexity index is 1960. The summed E-state index contributed by atoms with van der Waals surface area (Å²) in [6, 6.07) is 13.8. The van der Waals surface area contributed by atoms with Gasteiger partial charge in [0.25, 0.3) is 17.3 Å². The largest absolute Gasteiger partial charge is 0.491 e. The van der Waals surface area contributed by atoms with Crippen LogP contribution in [0.1, 0.15) is 28.5 Å². The molecule has 218 valence electrons. The Labute approximate surface area is 245 Å². The summed E-state index contributed by atoms with van der Waals surface area (Å²) in [5, 5.41) is 2.57. The van der Waals surface area contributed by atoms with Crippen molar-refractivity contribution in [3.8, 4) is 28.8 Å². The van der Waals surface area contributed by atoms with Crippen LogP contribution >= 0.6 is 0 Å². The molecule has 0 aliphatic carbocycles. The molecule has 0 bridgehead atoms. The Morgan fingerprint density at radius 2 is 1.67 bits per heavy atom. The predicted octanol–water partition coefficient (Wildman–Crippen LogP) is 6.46. The summed E-state index contributed by atoms with van der Waals surface area (Å²) < 4.78 is 46.4. The Kier molecular flexibility index (Phi) is 7.89. The Hall–Kier alpha value is -5.58. The molecule has 2 aromatic carbocycles. The van der Waals surface area contributed by atoms with Gasteiger partial charge in [0.1, 0.15) is 16.9 Å². The van der Waals surface area contributed by atoms with Crippen molar-refractivity contribution in [2.75, 3.05) is 19.5 Å². The Morgan fingerprint density at radius 1 is 0.930 bits per heavy atom. The Balaban J connectivity index is 1.45. The summed E-state index contributed by atoms with van der Waals surface area (Å²) >= 11 is 0.